The first kappa shape index (κ1) is 34.4. The minimum absolute atomic E-state index is 0.259. The van der Waals surface area contributed by atoms with Crippen LogP contribution < -0.4 is 10.6 Å². The van der Waals surface area contributed by atoms with Crippen LogP contribution in [-0.2, 0) is 27.3 Å². The van der Waals surface area contributed by atoms with Gasteiger partial charge in [0.05, 0.1) is 0 Å². The van der Waals surface area contributed by atoms with Crippen LogP contribution in [0.2, 0.25) is 0 Å². The lowest BCUT2D eigenvalue weighted by Crippen LogP contribution is -2.54. The number of alkyl carbamates (subject to hydrolysis) is 1. The van der Waals surface area contributed by atoms with E-state index in [-0.39, 0.29) is 18.2 Å². The molecule has 0 saturated carbocycles. The number of hydrogen-bond acceptors (Lipinski definition) is 4. The van der Waals surface area contributed by atoms with Crippen molar-refractivity contribution in [3.05, 3.63) is 107 Å². The van der Waals surface area contributed by atoms with Crippen LogP contribution in [0.3, 0.4) is 0 Å². The van der Waals surface area contributed by atoms with E-state index >= 15 is 0 Å². The highest BCUT2D eigenvalue weighted by molar-refractivity contribution is 5.92. The molecule has 2 N–H and O–H groups in total. The van der Waals surface area contributed by atoms with Gasteiger partial charge in [0, 0.05) is 19.5 Å². The zero-order chi connectivity index (χ0) is 32.1. The number of carbonyl (C=O) groups is 3. The number of unbranched alkanes of at least 4 members (excludes halogenated alkanes) is 3. The summed E-state index contributed by atoms with van der Waals surface area (Å²) in [5.74, 6) is -0.589. The molecule has 0 saturated heterocycles. The molecule has 0 fully saturated rings. The summed E-state index contributed by atoms with van der Waals surface area (Å²) in [6.45, 7) is 12.2. The minimum atomic E-state index is -0.936. The SMILES string of the molecule is CCCCCCN(C(=O)C(Cc1ccccc1)NC(=O)OC(C)(C)C)C(C(=O)NCc1ccccc1)c1cc(C)cc(C)c1. The highest BCUT2D eigenvalue weighted by atomic mass is 16.6. The molecule has 0 aromatic heterocycles. The topological polar surface area (TPSA) is 87.7 Å². The second-order valence-corrected chi connectivity index (χ2v) is 12.5. The average Bonchev–Trinajstić information content (AvgIpc) is 2.96. The number of nitrogens with zero attached hydrogens (tertiary/aromatic N) is 1. The van der Waals surface area contributed by atoms with E-state index in [9.17, 15) is 14.4 Å². The van der Waals surface area contributed by atoms with Crippen molar-refractivity contribution in [2.75, 3.05) is 6.54 Å². The maximum absolute atomic E-state index is 14.7. The Labute approximate surface area is 263 Å². The van der Waals surface area contributed by atoms with Crippen LogP contribution in [0.4, 0.5) is 4.79 Å². The van der Waals surface area contributed by atoms with E-state index in [4.69, 9.17) is 4.74 Å². The third-order valence-electron chi connectivity index (χ3n) is 7.24. The Balaban J connectivity index is 2.05. The number of amides is 3. The summed E-state index contributed by atoms with van der Waals surface area (Å²) in [5.41, 5.74) is 3.88. The molecule has 7 heteroatoms. The van der Waals surface area contributed by atoms with E-state index in [1.165, 1.54) is 0 Å². The van der Waals surface area contributed by atoms with E-state index in [1.807, 2.05) is 86.6 Å². The van der Waals surface area contributed by atoms with Gasteiger partial charge in [0.15, 0.2) is 0 Å². The van der Waals surface area contributed by atoms with Crippen molar-refractivity contribution >= 4 is 17.9 Å². The Morgan fingerprint density at radius 2 is 1.41 bits per heavy atom. The third kappa shape index (κ3) is 11.2. The lowest BCUT2D eigenvalue weighted by Gasteiger charge is -2.35. The van der Waals surface area contributed by atoms with E-state index in [2.05, 4.69) is 23.6 Å². The number of nitrogens with one attached hydrogen (secondary N) is 2. The lowest BCUT2D eigenvalue weighted by molar-refractivity contribution is -0.142. The van der Waals surface area contributed by atoms with Crippen LogP contribution in [0.5, 0.6) is 0 Å². The largest absolute Gasteiger partial charge is 0.444 e. The van der Waals surface area contributed by atoms with E-state index in [0.717, 1.165) is 53.5 Å². The van der Waals surface area contributed by atoms with Gasteiger partial charge in [0.1, 0.15) is 17.7 Å². The van der Waals surface area contributed by atoms with Crippen molar-refractivity contribution in [3.8, 4) is 0 Å². The van der Waals surface area contributed by atoms with Gasteiger partial charge in [-0.05, 0) is 57.7 Å². The normalized spacial score (nSPS) is 12.6. The van der Waals surface area contributed by atoms with Crippen LogP contribution in [0.25, 0.3) is 0 Å². The minimum Gasteiger partial charge on any atom is -0.444 e. The summed E-state index contributed by atoms with van der Waals surface area (Å²) in [5, 5.41) is 5.93. The van der Waals surface area contributed by atoms with Crippen LogP contribution in [0.15, 0.2) is 78.9 Å². The highest BCUT2D eigenvalue weighted by Crippen LogP contribution is 2.26. The zero-order valence-corrected chi connectivity index (χ0v) is 27.2. The maximum atomic E-state index is 14.7. The third-order valence-corrected chi connectivity index (χ3v) is 7.24. The molecule has 0 aliphatic carbocycles. The van der Waals surface area contributed by atoms with Gasteiger partial charge in [-0.15, -0.1) is 0 Å². The van der Waals surface area contributed by atoms with Gasteiger partial charge < -0.3 is 20.3 Å². The van der Waals surface area contributed by atoms with E-state index in [1.54, 1.807) is 25.7 Å². The Bertz CT molecular complexity index is 1330. The average molecular weight is 600 g/mol. The van der Waals surface area contributed by atoms with Gasteiger partial charge in [-0.2, -0.15) is 0 Å². The summed E-state index contributed by atoms with van der Waals surface area (Å²) in [6, 6.07) is 23.5. The molecule has 2 atom stereocenters. The standard InChI is InChI=1S/C37H49N3O4/c1-7-8-9-16-21-40(35(42)32(25-29-17-12-10-13-18-29)39-36(43)44-37(4,5)6)33(31-23-27(2)22-28(3)24-31)34(41)38-26-30-19-14-11-15-20-30/h10-15,17-20,22-24,32-33H,7-9,16,21,25-26H2,1-6H3,(H,38,41)(H,39,43). The molecular weight excluding hydrogens is 550 g/mol. The van der Waals surface area contributed by atoms with Crippen molar-refractivity contribution in [2.24, 2.45) is 0 Å². The molecule has 0 heterocycles. The van der Waals surface area contributed by atoms with Crippen molar-refractivity contribution in [3.63, 3.8) is 0 Å². The van der Waals surface area contributed by atoms with Gasteiger partial charge >= 0.3 is 6.09 Å². The summed E-state index contributed by atoms with van der Waals surface area (Å²) in [6.07, 6.45) is 3.32. The number of rotatable bonds is 14. The fraction of sp³-hybridized carbons (Fsp3) is 0.432. The Morgan fingerprint density at radius 3 is 1.98 bits per heavy atom. The fourth-order valence-corrected chi connectivity index (χ4v) is 5.30. The Morgan fingerprint density at radius 1 is 0.818 bits per heavy atom. The molecule has 3 aromatic carbocycles. The van der Waals surface area contributed by atoms with Crippen LogP contribution >= 0.6 is 0 Å². The predicted molar refractivity (Wildman–Crippen MR) is 176 cm³/mol. The number of carbonyl (C=O) groups excluding carboxylic acids is 3. The molecule has 2 unspecified atom stereocenters. The molecular formula is C37H49N3O4. The maximum Gasteiger partial charge on any atom is 0.408 e. The first-order valence-corrected chi connectivity index (χ1v) is 15.7. The van der Waals surface area contributed by atoms with Crippen molar-refractivity contribution < 1.29 is 19.1 Å². The van der Waals surface area contributed by atoms with Crippen molar-refractivity contribution in [1.29, 1.82) is 0 Å². The first-order valence-electron chi connectivity index (χ1n) is 15.7. The molecule has 7 nitrogen and oxygen atoms in total. The first-order chi connectivity index (χ1) is 21.0. The zero-order valence-electron chi connectivity index (χ0n) is 27.2. The smallest absolute Gasteiger partial charge is 0.408 e. The second-order valence-electron chi connectivity index (χ2n) is 12.5. The summed E-state index contributed by atoms with van der Waals surface area (Å²) in [7, 11) is 0. The van der Waals surface area contributed by atoms with Gasteiger partial charge in [-0.3, -0.25) is 9.59 Å². The highest BCUT2D eigenvalue weighted by Gasteiger charge is 2.36. The van der Waals surface area contributed by atoms with Gasteiger partial charge in [0.25, 0.3) is 0 Å². The molecule has 0 aliphatic rings. The van der Waals surface area contributed by atoms with Crippen molar-refractivity contribution in [1.82, 2.24) is 15.5 Å². The van der Waals surface area contributed by atoms with Gasteiger partial charge in [-0.1, -0.05) is 116 Å². The lowest BCUT2D eigenvalue weighted by atomic mass is 9.97. The van der Waals surface area contributed by atoms with Crippen LogP contribution in [0.1, 0.15) is 87.2 Å². The molecule has 236 valence electrons. The number of benzene rings is 3. The van der Waals surface area contributed by atoms with Crippen LogP contribution in [0, 0.1) is 13.8 Å². The quantitative estimate of drug-likeness (QED) is 0.192. The second kappa shape index (κ2) is 16.6. The molecule has 0 radical (unpaired) electrons. The van der Waals surface area contributed by atoms with Crippen molar-refractivity contribution in [2.45, 2.75) is 97.9 Å². The molecule has 0 aliphatic heterocycles. The molecule has 44 heavy (non-hydrogen) atoms. The van der Waals surface area contributed by atoms with Gasteiger partial charge in [0.2, 0.25) is 11.8 Å². The molecule has 0 bridgehead atoms. The molecule has 0 spiro atoms. The monoisotopic (exact) mass is 599 g/mol. The molecule has 3 amide bonds. The number of aryl methyl sites for hydroxylation is 2. The van der Waals surface area contributed by atoms with E-state index in [0.29, 0.717) is 13.1 Å². The summed E-state index contributed by atoms with van der Waals surface area (Å²) < 4.78 is 5.56. The van der Waals surface area contributed by atoms with Gasteiger partial charge in [-0.25, -0.2) is 4.79 Å². The van der Waals surface area contributed by atoms with Crippen LogP contribution in [-0.4, -0.2) is 41.0 Å². The number of hydrogen-bond donors (Lipinski definition) is 2. The molecule has 3 aromatic rings. The summed E-state index contributed by atoms with van der Waals surface area (Å²) >= 11 is 0. The molecule has 3 rings (SSSR count). The predicted octanol–water partition coefficient (Wildman–Crippen LogP) is 7.21. The summed E-state index contributed by atoms with van der Waals surface area (Å²) in [4.78, 5) is 43.5. The number of ether oxygens (including phenoxy) is 1. The Hall–Kier alpha value is -4.13. The van der Waals surface area contributed by atoms with E-state index < -0.39 is 23.8 Å². The fourth-order valence-electron chi connectivity index (χ4n) is 5.30. The Kier molecular flexibility index (Phi) is 13.0.